The average Bonchev–Trinajstić information content (AvgIpc) is 2.26. The van der Waals surface area contributed by atoms with Gasteiger partial charge in [0.2, 0.25) is 0 Å². The molecule has 0 saturated carbocycles. The van der Waals surface area contributed by atoms with Crippen molar-refractivity contribution in [3.63, 3.8) is 0 Å². The molecule has 0 aromatic rings. The van der Waals surface area contributed by atoms with Gasteiger partial charge >= 0.3 is 5.97 Å². The second-order valence-electron chi connectivity index (χ2n) is 4.65. The van der Waals surface area contributed by atoms with E-state index < -0.39 is 0 Å². The van der Waals surface area contributed by atoms with E-state index in [1.165, 1.54) is 7.11 Å². The second-order valence-corrected chi connectivity index (χ2v) is 4.65. The fourth-order valence-electron chi connectivity index (χ4n) is 2.00. The quantitative estimate of drug-likeness (QED) is 0.629. The normalized spacial score (nSPS) is 16.3. The first kappa shape index (κ1) is 15.1. The van der Waals surface area contributed by atoms with Crippen LogP contribution in [0.3, 0.4) is 0 Å². The van der Waals surface area contributed by atoms with Gasteiger partial charge < -0.3 is 4.74 Å². The highest BCUT2D eigenvalue weighted by Gasteiger charge is 2.24. The Morgan fingerprint density at radius 2 is 1.62 bits per heavy atom. The van der Waals surface area contributed by atoms with Gasteiger partial charge in [0.1, 0.15) is 5.78 Å². The Kier molecular flexibility index (Phi) is 7.02. The van der Waals surface area contributed by atoms with Crippen molar-refractivity contribution >= 4 is 11.8 Å². The van der Waals surface area contributed by atoms with Crippen LogP contribution in [-0.4, -0.2) is 18.9 Å². The van der Waals surface area contributed by atoms with E-state index in [-0.39, 0.29) is 29.5 Å². The first-order valence-electron chi connectivity index (χ1n) is 6.05. The maximum atomic E-state index is 11.9. The fourth-order valence-corrected chi connectivity index (χ4v) is 2.00. The standard InChI is InChI=1S/C13H24O3/c1-6-7-9(2)12(14)10(3)8-11(4)13(15)16-5/h9-11H,6-8H2,1-5H3/t9-,10-,11-/m1/s1. The van der Waals surface area contributed by atoms with Crippen LogP contribution < -0.4 is 0 Å². The highest BCUT2D eigenvalue weighted by atomic mass is 16.5. The van der Waals surface area contributed by atoms with Gasteiger partial charge in [-0.15, -0.1) is 0 Å². The molecule has 0 N–H and O–H groups in total. The predicted molar refractivity (Wildman–Crippen MR) is 64.0 cm³/mol. The maximum absolute atomic E-state index is 11.9. The first-order chi connectivity index (χ1) is 7.43. The minimum Gasteiger partial charge on any atom is -0.469 e. The lowest BCUT2D eigenvalue weighted by atomic mass is 9.86. The van der Waals surface area contributed by atoms with E-state index in [1.807, 2.05) is 13.8 Å². The molecule has 3 atom stereocenters. The number of ether oxygens (including phenoxy) is 1. The summed E-state index contributed by atoms with van der Waals surface area (Å²) in [7, 11) is 1.38. The van der Waals surface area contributed by atoms with Gasteiger partial charge in [-0.1, -0.05) is 34.1 Å². The molecule has 0 aliphatic rings. The minimum atomic E-state index is -0.234. The molecular weight excluding hydrogens is 204 g/mol. The number of hydrogen-bond donors (Lipinski definition) is 0. The molecular formula is C13H24O3. The summed E-state index contributed by atoms with van der Waals surface area (Å²) in [5.41, 5.74) is 0. The summed E-state index contributed by atoms with van der Waals surface area (Å²) in [4.78, 5) is 23.2. The summed E-state index contributed by atoms with van der Waals surface area (Å²) in [6.45, 7) is 7.74. The van der Waals surface area contributed by atoms with Gasteiger partial charge in [0.15, 0.2) is 0 Å². The van der Waals surface area contributed by atoms with E-state index in [0.29, 0.717) is 6.42 Å². The molecule has 0 radical (unpaired) electrons. The zero-order valence-corrected chi connectivity index (χ0v) is 11.1. The summed E-state index contributed by atoms with van der Waals surface area (Å²) in [6, 6.07) is 0. The van der Waals surface area contributed by atoms with Crippen LogP contribution in [0.15, 0.2) is 0 Å². The molecule has 0 aliphatic heterocycles. The van der Waals surface area contributed by atoms with Crippen LogP contribution in [0.25, 0.3) is 0 Å². The summed E-state index contributed by atoms with van der Waals surface area (Å²) in [5, 5.41) is 0. The highest BCUT2D eigenvalue weighted by Crippen LogP contribution is 2.19. The Balaban J connectivity index is 4.19. The molecule has 0 aromatic carbocycles. The third-order valence-corrected chi connectivity index (χ3v) is 3.00. The Morgan fingerprint density at radius 3 is 2.06 bits per heavy atom. The summed E-state index contributed by atoms with van der Waals surface area (Å²) in [5.74, 6) is -0.126. The van der Waals surface area contributed by atoms with Crippen molar-refractivity contribution in [3.8, 4) is 0 Å². The number of esters is 1. The molecule has 3 heteroatoms. The van der Waals surface area contributed by atoms with Crippen molar-refractivity contribution in [1.82, 2.24) is 0 Å². The molecule has 0 aliphatic carbocycles. The summed E-state index contributed by atoms with van der Waals surface area (Å²) in [6.07, 6.45) is 2.53. The molecule has 0 rings (SSSR count). The van der Waals surface area contributed by atoms with Crippen molar-refractivity contribution in [2.75, 3.05) is 7.11 Å². The molecule has 94 valence electrons. The second kappa shape index (κ2) is 7.42. The molecule has 0 saturated heterocycles. The molecule has 0 bridgehead atoms. The lowest BCUT2D eigenvalue weighted by molar-refractivity contribution is -0.145. The molecule has 0 amide bonds. The van der Waals surface area contributed by atoms with E-state index >= 15 is 0 Å². The van der Waals surface area contributed by atoms with Gasteiger partial charge in [0.25, 0.3) is 0 Å². The largest absolute Gasteiger partial charge is 0.469 e. The fraction of sp³-hybridized carbons (Fsp3) is 0.846. The van der Waals surface area contributed by atoms with Crippen molar-refractivity contribution < 1.29 is 14.3 Å². The van der Waals surface area contributed by atoms with Crippen LogP contribution in [0.4, 0.5) is 0 Å². The number of Topliss-reactive ketones (excluding diaryl/α,β-unsaturated/α-hetero) is 1. The van der Waals surface area contributed by atoms with E-state index in [4.69, 9.17) is 0 Å². The average molecular weight is 228 g/mol. The van der Waals surface area contributed by atoms with Crippen LogP contribution in [0, 0.1) is 17.8 Å². The van der Waals surface area contributed by atoms with Gasteiger partial charge in [0, 0.05) is 11.8 Å². The minimum absolute atomic E-state index is 0.0596. The van der Waals surface area contributed by atoms with E-state index in [0.717, 1.165) is 12.8 Å². The lowest BCUT2D eigenvalue weighted by Gasteiger charge is -2.18. The Hall–Kier alpha value is -0.860. The Bertz CT molecular complexity index is 235. The molecule has 0 aromatic heterocycles. The Morgan fingerprint density at radius 1 is 1.06 bits per heavy atom. The van der Waals surface area contributed by atoms with E-state index in [2.05, 4.69) is 11.7 Å². The van der Waals surface area contributed by atoms with Crippen LogP contribution in [0.2, 0.25) is 0 Å². The number of methoxy groups -OCH3 is 1. The lowest BCUT2D eigenvalue weighted by Crippen LogP contribution is -2.24. The number of carbonyl (C=O) groups excluding carboxylic acids is 2. The maximum Gasteiger partial charge on any atom is 0.308 e. The molecule has 16 heavy (non-hydrogen) atoms. The number of hydrogen-bond acceptors (Lipinski definition) is 3. The number of ketones is 1. The molecule has 3 nitrogen and oxygen atoms in total. The zero-order chi connectivity index (χ0) is 12.7. The molecule has 0 unspecified atom stereocenters. The van der Waals surface area contributed by atoms with Gasteiger partial charge in [-0.05, 0) is 12.8 Å². The molecule has 0 heterocycles. The van der Waals surface area contributed by atoms with E-state index in [1.54, 1.807) is 6.92 Å². The Labute approximate surface area is 98.6 Å². The summed E-state index contributed by atoms with van der Waals surface area (Å²) < 4.78 is 4.65. The van der Waals surface area contributed by atoms with Gasteiger partial charge in [-0.2, -0.15) is 0 Å². The van der Waals surface area contributed by atoms with Crippen molar-refractivity contribution in [2.24, 2.45) is 17.8 Å². The van der Waals surface area contributed by atoms with Crippen LogP contribution in [0.5, 0.6) is 0 Å². The van der Waals surface area contributed by atoms with Gasteiger partial charge in [-0.25, -0.2) is 0 Å². The zero-order valence-electron chi connectivity index (χ0n) is 11.1. The highest BCUT2D eigenvalue weighted by molar-refractivity contribution is 5.83. The van der Waals surface area contributed by atoms with Crippen LogP contribution >= 0.6 is 0 Å². The number of carbonyl (C=O) groups is 2. The third kappa shape index (κ3) is 4.77. The van der Waals surface area contributed by atoms with Crippen LogP contribution in [0.1, 0.15) is 47.0 Å². The molecule has 0 fully saturated rings. The third-order valence-electron chi connectivity index (χ3n) is 3.00. The monoisotopic (exact) mass is 228 g/mol. The van der Waals surface area contributed by atoms with Crippen molar-refractivity contribution in [2.45, 2.75) is 47.0 Å². The molecule has 0 spiro atoms. The van der Waals surface area contributed by atoms with Crippen molar-refractivity contribution in [3.05, 3.63) is 0 Å². The summed E-state index contributed by atoms with van der Waals surface area (Å²) >= 11 is 0. The first-order valence-corrected chi connectivity index (χ1v) is 6.05. The SMILES string of the molecule is CCC[C@@H](C)C(=O)[C@H](C)C[C@@H](C)C(=O)OC. The topological polar surface area (TPSA) is 43.4 Å². The number of rotatable bonds is 7. The van der Waals surface area contributed by atoms with Gasteiger partial charge in [-0.3, -0.25) is 9.59 Å². The van der Waals surface area contributed by atoms with Crippen molar-refractivity contribution in [1.29, 1.82) is 0 Å². The van der Waals surface area contributed by atoms with Crippen LogP contribution in [-0.2, 0) is 14.3 Å². The van der Waals surface area contributed by atoms with E-state index in [9.17, 15) is 9.59 Å². The smallest absolute Gasteiger partial charge is 0.308 e. The predicted octanol–water partition coefficient (Wildman–Crippen LogP) is 2.83. The van der Waals surface area contributed by atoms with Gasteiger partial charge in [0.05, 0.1) is 13.0 Å².